The van der Waals surface area contributed by atoms with Crippen molar-refractivity contribution in [2.24, 2.45) is 0 Å². The van der Waals surface area contributed by atoms with Crippen LogP contribution in [-0.4, -0.2) is 5.33 Å². The number of alkyl halides is 1. The number of rotatable bonds is 1. The SMILES string of the molecule is Cc1cc(Br)ccc1C#CCCBr. The number of halogens is 2. The Labute approximate surface area is 96.0 Å². The van der Waals surface area contributed by atoms with Crippen LogP contribution >= 0.6 is 31.9 Å². The van der Waals surface area contributed by atoms with Gasteiger partial charge in [-0.1, -0.05) is 43.7 Å². The quantitative estimate of drug-likeness (QED) is 0.545. The highest BCUT2D eigenvalue weighted by Crippen LogP contribution is 2.14. The van der Waals surface area contributed by atoms with E-state index in [9.17, 15) is 0 Å². The first-order valence-corrected chi connectivity index (χ1v) is 5.96. The van der Waals surface area contributed by atoms with Gasteiger partial charge in [-0.2, -0.15) is 0 Å². The van der Waals surface area contributed by atoms with Gasteiger partial charge < -0.3 is 0 Å². The molecule has 0 saturated heterocycles. The number of hydrogen-bond acceptors (Lipinski definition) is 0. The third kappa shape index (κ3) is 3.54. The fraction of sp³-hybridized carbons (Fsp3) is 0.273. The van der Waals surface area contributed by atoms with Gasteiger partial charge in [-0.25, -0.2) is 0 Å². The Kier molecular flexibility index (Phi) is 4.55. The van der Waals surface area contributed by atoms with E-state index in [-0.39, 0.29) is 0 Å². The smallest absolute Gasteiger partial charge is 0.0275 e. The summed E-state index contributed by atoms with van der Waals surface area (Å²) < 4.78 is 1.11. The van der Waals surface area contributed by atoms with Crippen LogP contribution in [0.1, 0.15) is 17.5 Å². The molecule has 0 atom stereocenters. The van der Waals surface area contributed by atoms with Crippen LogP contribution in [0.5, 0.6) is 0 Å². The molecule has 0 saturated carbocycles. The molecule has 0 spiro atoms. The van der Waals surface area contributed by atoms with Gasteiger partial charge in [0.2, 0.25) is 0 Å². The van der Waals surface area contributed by atoms with E-state index in [1.807, 2.05) is 12.1 Å². The Balaban J connectivity index is 2.85. The zero-order chi connectivity index (χ0) is 9.68. The highest BCUT2D eigenvalue weighted by molar-refractivity contribution is 9.10. The van der Waals surface area contributed by atoms with Crippen molar-refractivity contribution in [2.45, 2.75) is 13.3 Å². The molecule has 68 valence electrons. The summed E-state index contributed by atoms with van der Waals surface area (Å²) in [5, 5.41) is 0.940. The van der Waals surface area contributed by atoms with Gasteiger partial charge in [0.15, 0.2) is 0 Å². The third-order valence-corrected chi connectivity index (χ3v) is 2.52. The van der Waals surface area contributed by atoms with Crippen LogP contribution in [-0.2, 0) is 0 Å². The molecule has 0 bridgehead atoms. The summed E-state index contributed by atoms with van der Waals surface area (Å²) in [4.78, 5) is 0. The monoisotopic (exact) mass is 300 g/mol. The van der Waals surface area contributed by atoms with Crippen molar-refractivity contribution in [3.8, 4) is 11.8 Å². The Bertz CT molecular complexity index is 345. The molecule has 0 aliphatic rings. The van der Waals surface area contributed by atoms with E-state index in [1.165, 1.54) is 5.56 Å². The van der Waals surface area contributed by atoms with Crippen molar-refractivity contribution in [1.82, 2.24) is 0 Å². The molecule has 0 N–H and O–H groups in total. The average Bonchev–Trinajstić information content (AvgIpc) is 2.09. The van der Waals surface area contributed by atoms with E-state index in [1.54, 1.807) is 0 Å². The molecule has 0 nitrogen and oxygen atoms in total. The van der Waals surface area contributed by atoms with E-state index < -0.39 is 0 Å². The topological polar surface area (TPSA) is 0 Å². The Hall–Kier alpha value is -0.260. The van der Waals surface area contributed by atoms with E-state index in [0.717, 1.165) is 21.8 Å². The van der Waals surface area contributed by atoms with Crippen LogP contribution in [0.25, 0.3) is 0 Å². The summed E-state index contributed by atoms with van der Waals surface area (Å²) >= 11 is 6.77. The minimum atomic E-state index is 0.898. The lowest BCUT2D eigenvalue weighted by Gasteiger charge is -1.97. The molecule has 1 aromatic carbocycles. The molecule has 0 unspecified atom stereocenters. The first kappa shape index (κ1) is 10.8. The molecule has 1 aromatic rings. The summed E-state index contributed by atoms with van der Waals surface area (Å²) in [5.74, 6) is 6.24. The molecule has 0 heterocycles. The predicted molar refractivity (Wildman–Crippen MR) is 64.2 cm³/mol. The molecule has 0 radical (unpaired) electrons. The zero-order valence-electron chi connectivity index (χ0n) is 7.40. The van der Waals surface area contributed by atoms with Crippen molar-refractivity contribution >= 4 is 31.9 Å². The number of hydrogen-bond donors (Lipinski definition) is 0. The van der Waals surface area contributed by atoms with E-state index in [4.69, 9.17) is 0 Å². The van der Waals surface area contributed by atoms with E-state index in [0.29, 0.717) is 0 Å². The Morgan fingerprint density at radius 1 is 1.38 bits per heavy atom. The normalized spacial score (nSPS) is 9.15. The molecule has 0 aliphatic heterocycles. The van der Waals surface area contributed by atoms with Gasteiger partial charge in [-0.15, -0.1) is 0 Å². The standard InChI is InChI=1S/C11H10Br2/c1-9-8-11(13)6-5-10(9)4-2-3-7-12/h5-6,8H,3,7H2,1H3. The summed E-state index contributed by atoms with van der Waals surface area (Å²) in [5.41, 5.74) is 2.33. The van der Waals surface area contributed by atoms with Crippen molar-refractivity contribution in [3.05, 3.63) is 33.8 Å². The van der Waals surface area contributed by atoms with E-state index >= 15 is 0 Å². The minimum Gasteiger partial charge on any atom is -0.0970 e. The fourth-order valence-corrected chi connectivity index (χ4v) is 1.65. The lowest BCUT2D eigenvalue weighted by atomic mass is 10.1. The second-order valence-corrected chi connectivity index (χ2v) is 4.41. The predicted octanol–water partition coefficient (Wildman–Crippen LogP) is 3.89. The number of benzene rings is 1. The third-order valence-electron chi connectivity index (χ3n) is 1.63. The van der Waals surface area contributed by atoms with Gasteiger partial charge in [0, 0.05) is 21.8 Å². The van der Waals surface area contributed by atoms with Crippen LogP contribution in [0.2, 0.25) is 0 Å². The first-order valence-electron chi connectivity index (χ1n) is 4.05. The first-order chi connectivity index (χ1) is 6.24. The Morgan fingerprint density at radius 2 is 2.15 bits per heavy atom. The number of aryl methyl sites for hydroxylation is 1. The maximum absolute atomic E-state index is 3.42. The van der Waals surface area contributed by atoms with Crippen LogP contribution in [0, 0.1) is 18.8 Å². The highest BCUT2D eigenvalue weighted by atomic mass is 79.9. The van der Waals surface area contributed by atoms with E-state index in [2.05, 4.69) is 56.7 Å². The molecule has 1 rings (SSSR count). The van der Waals surface area contributed by atoms with Crippen LogP contribution in [0.4, 0.5) is 0 Å². The molecule has 0 aromatic heterocycles. The lowest BCUT2D eigenvalue weighted by Crippen LogP contribution is -1.81. The van der Waals surface area contributed by atoms with Crippen LogP contribution in [0.15, 0.2) is 22.7 Å². The molecular weight excluding hydrogens is 292 g/mol. The van der Waals surface area contributed by atoms with Gasteiger partial charge in [-0.05, 0) is 30.7 Å². The largest absolute Gasteiger partial charge is 0.0970 e. The molecule has 2 heteroatoms. The van der Waals surface area contributed by atoms with Crippen molar-refractivity contribution < 1.29 is 0 Å². The van der Waals surface area contributed by atoms with Gasteiger partial charge in [0.05, 0.1) is 0 Å². The molecule has 0 amide bonds. The molecule has 13 heavy (non-hydrogen) atoms. The second kappa shape index (κ2) is 5.47. The molecular formula is C11H10Br2. The second-order valence-electron chi connectivity index (χ2n) is 2.70. The summed E-state index contributed by atoms with van der Waals surface area (Å²) in [6.45, 7) is 2.07. The molecule has 0 aliphatic carbocycles. The Morgan fingerprint density at radius 3 is 2.77 bits per heavy atom. The summed E-state index contributed by atoms with van der Waals surface area (Å²) in [7, 11) is 0. The van der Waals surface area contributed by atoms with Crippen LogP contribution in [0.3, 0.4) is 0 Å². The maximum Gasteiger partial charge on any atom is 0.0275 e. The van der Waals surface area contributed by atoms with Crippen LogP contribution < -0.4 is 0 Å². The van der Waals surface area contributed by atoms with Gasteiger partial charge in [0.25, 0.3) is 0 Å². The summed E-state index contributed by atoms with van der Waals surface area (Å²) in [6, 6.07) is 6.14. The fourth-order valence-electron chi connectivity index (χ4n) is 0.972. The van der Waals surface area contributed by atoms with Crippen molar-refractivity contribution in [3.63, 3.8) is 0 Å². The van der Waals surface area contributed by atoms with Gasteiger partial charge in [-0.3, -0.25) is 0 Å². The maximum atomic E-state index is 3.42. The van der Waals surface area contributed by atoms with Gasteiger partial charge in [0.1, 0.15) is 0 Å². The van der Waals surface area contributed by atoms with Crippen molar-refractivity contribution in [2.75, 3.05) is 5.33 Å². The summed E-state index contributed by atoms with van der Waals surface area (Å²) in [6.07, 6.45) is 0.898. The zero-order valence-corrected chi connectivity index (χ0v) is 10.6. The average molecular weight is 302 g/mol. The van der Waals surface area contributed by atoms with Gasteiger partial charge >= 0.3 is 0 Å². The minimum absolute atomic E-state index is 0.898. The highest BCUT2D eigenvalue weighted by Gasteiger charge is 1.93. The van der Waals surface area contributed by atoms with Crippen molar-refractivity contribution in [1.29, 1.82) is 0 Å². The lowest BCUT2D eigenvalue weighted by molar-refractivity contribution is 1.31. The molecule has 0 fully saturated rings.